The standard InChI is InChI=1S/C17H26N2O2.ClH/c1-13(16(18)15-8-4-3-5-9-15)17(20)19(2)11-14-7-6-10-21-12-14;/h3-5,8-9,13-14,16H,6-7,10-12,18H2,1-2H3;1H. The van der Waals surface area contributed by atoms with E-state index in [-0.39, 0.29) is 30.3 Å². The number of halogens is 1. The molecule has 1 aliphatic heterocycles. The Balaban J connectivity index is 0.00000242. The second-order valence-corrected chi connectivity index (χ2v) is 6.03. The molecule has 2 rings (SSSR count). The Labute approximate surface area is 139 Å². The maximum atomic E-state index is 12.5. The summed E-state index contributed by atoms with van der Waals surface area (Å²) >= 11 is 0. The first-order valence-corrected chi connectivity index (χ1v) is 7.73. The predicted octanol–water partition coefficient (Wildman–Crippen LogP) is 2.63. The Morgan fingerprint density at radius 1 is 1.41 bits per heavy atom. The zero-order valence-corrected chi connectivity index (χ0v) is 14.2. The van der Waals surface area contributed by atoms with Gasteiger partial charge in [-0.2, -0.15) is 0 Å². The molecule has 1 aromatic carbocycles. The van der Waals surface area contributed by atoms with Gasteiger partial charge in [0.1, 0.15) is 0 Å². The van der Waals surface area contributed by atoms with E-state index in [1.807, 2.05) is 49.2 Å². The van der Waals surface area contributed by atoms with Crippen LogP contribution in [0.15, 0.2) is 30.3 Å². The van der Waals surface area contributed by atoms with Crippen LogP contribution in [0, 0.1) is 11.8 Å². The molecule has 3 unspecified atom stereocenters. The van der Waals surface area contributed by atoms with Crippen molar-refractivity contribution >= 4 is 18.3 Å². The van der Waals surface area contributed by atoms with E-state index in [1.165, 1.54) is 0 Å². The SMILES string of the molecule is CC(C(=O)N(C)CC1CCCOC1)C(N)c1ccccc1.Cl. The largest absolute Gasteiger partial charge is 0.381 e. The molecule has 0 aliphatic carbocycles. The Morgan fingerprint density at radius 3 is 2.68 bits per heavy atom. The van der Waals surface area contributed by atoms with Crippen molar-refractivity contribution in [2.45, 2.75) is 25.8 Å². The monoisotopic (exact) mass is 326 g/mol. The van der Waals surface area contributed by atoms with Crippen LogP contribution in [0.4, 0.5) is 0 Å². The van der Waals surface area contributed by atoms with Gasteiger partial charge in [-0.25, -0.2) is 0 Å². The fraction of sp³-hybridized carbons (Fsp3) is 0.588. The Morgan fingerprint density at radius 2 is 2.09 bits per heavy atom. The number of rotatable bonds is 5. The third kappa shape index (κ3) is 4.97. The molecule has 0 aromatic heterocycles. The van der Waals surface area contributed by atoms with Crippen LogP contribution >= 0.6 is 12.4 Å². The van der Waals surface area contributed by atoms with E-state index in [2.05, 4.69) is 0 Å². The lowest BCUT2D eigenvalue weighted by molar-refractivity contribution is -0.135. The van der Waals surface area contributed by atoms with E-state index in [9.17, 15) is 4.79 Å². The zero-order chi connectivity index (χ0) is 15.2. The highest BCUT2D eigenvalue weighted by atomic mass is 35.5. The lowest BCUT2D eigenvalue weighted by Gasteiger charge is -2.30. The number of nitrogens with two attached hydrogens (primary N) is 1. The van der Waals surface area contributed by atoms with E-state index in [1.54, 1.807) is 0 Å². The number of amides is 1. The number of ether oxygens (including phenoxy) is 1. The van der Waals surface area contributed by atoms with Gasteiger partial charge in [0, 0.05) is 26.2 Å². The first kappa shape index (κ1) is 18.9. The Kier molecular flexibility index (Phi) is 7.87. The van der Waals surface area contributed by atoms with Crippen LogP contribution in [-0.4, -0.2) is 37.6 Å². The minimum absolute atomic E-state index is 0. The smallest absolute Gasteiger partial charge is 0.227 e. The van der Waals surface area contributed by atoms with Gasteiger partial charge in [-0.05, 0) is 24.3 Å². The Hall–Kier alpha value is -1.10. The summed E-state index contributed by atoms with van der Waals surface area (Å²) in [5.41, 5.74) is 7.25. The predicted molar refractivity (Wildman–Crippen MR) is 91.0 cm³/mol. The van der Waals surface area contributed by atoms with Gasteiger partial charge in [0.15, 0.2) is 0 Å². The van der Waals surface area contributed by atoms with Gasteiger partial charge in [-0.3, -0.25) is 4.79 Å². The van der Waals surface area contributed by atoms with Gasteiger partial charge in [0.25, 0.3) is 0 Å². The molecule has 1 aliphatic rings. The van der Waals surface area contributed by atoms with Gasteiger partial charge in [-0.1, -0.05) is 37.3 Å². The van der Waals surface area contributed by atoms with E-state index in [0.717, 1.165) is 38.2 Å². The van der Waals surface area contributed by atoms with Crippen LogP contribution in [0.3, 0.4) is 0 Å². The number of hydrogen-bond acceptors (Lipinski definition) is 3. The highest BCUT2D eigenvalue weighted by molar-refractivity contribution is 5.85. The third-order valence-electron chi connectivity index (χ3n) is 4.28. The number of nitrogens with zero attached hydrogens (tertiary/aromatic N) is 1. The Bertz CT molecular complexity index is 449. The van der Waals surface area contributed by atoms with Gasteiger partial charge in [0.05, 0.1) is 12.5 Å². The molecule has 3 atom stereocenters. The zero-order valence-electron chi connectivity index (χ0n) is 13.4. The first-order chi connectivity index (χ1) is 10.1. The van der Waals surface area contributed by atoms with Crippen LogP contribution in [0.25, 0.3) is 0 Å². The van der Waals surface area contributed by atoms with Crippen molar-refractivity contribution in [3.63, 3.8) is 0 Å². The molecule has 0 spiro atoms. The second kappa shape index (κ2) is 9.13. The summed E-state index contributed by atoms with van der Waals surface area (Å²) in [5, 5.41) is 0. The molecule has 0 bridgehead atoms. The minimum atomic E-state index is -0.260. The molecule has 0 radical (unpaired) electrons. The van der Waals surface area contributed by atoms with E-state index < -0.39 is 0 Å². The summed E-state index contributed by atoms with van der Waals surface area (Å²) in [4.78, 5) is 14.3. The molecule has 1 aromatic rings. The molecule has 22 heavy (non-hydrogen) atoms. The molecule has 2 N–H and O–H groups in total. The number of hydrogen-bond donors (Lipinski definition) is 1. The third-order valence-corrected chi connectivity index (χ3v) is 4.28. The van der Waals surface area contributed by atoms with Gasteiger partial charge in [-0.15, -0.1) is 12.4 Å². The fourth-order valence-electron chi connectivity index (χ4n) is 2.89. The molecular weight excluding hydrogens is 300 g/mol. The molecule has 1 saturated heterocycles. The van der Waals surface area contributed by atoms with Crippen LogP contribution in [0.2, 0.25) is 0 Å². The number of benzene rings is 1. The molecule has 5 heteroatoms. The molecule has 4 nitrogen and oxygen atoms in total. The highest BCUT2D eigenvalue weighted by Gasteiger charge is 2.26. The summed E-state index contributed by atoms with van der Waals surface area (Å²) in [6.07, 6.45) is 2.22. The van der Waals surface area contributed by atoms with Gasteiger partial charge in [0.2, 0.25) is 5.91 Å². The average Bonchev–Trinajstić information content (AvgIpc) is 2.54. The van der Waals surface area contributed by atoms with Crippen LogP contribution in [0.1, 0.15) is 31.4 Å². The van der Waals surface area contributed by atoms with Crippen molar-refractivity contribution in [3.05, 3.63) is 35.9 Å². The summed E-state index contributed by atoms with van der Waals surface area (Å²) in [6.45, 7) is 4.28. The van der Waals surface area contributed by atoms with Crippen molar-refractivity contribution in [1.82, 2.24) is 4.90 Å². The lowest BCUT2D eigenvalue weighted by Crippen LogP contribution is -2.40. The van der Waals surface area contributed by atoms with E-state index in [0.29, 0.717) is 5.92 Å². The van der Waals surface area contributed by atoms with Crippen LogP contribution in [-0.2, 0) is 9.53 Å². The molecule has 124 valence electrons. The lowest BCUT2D eigenvalue weighted by atomic mass is 9.93. The van der Waals surface area contributed by atoms with Crippen molar-refractivity contribution < 1.29 is 9.53 Å². The van der Waals surface area contributed by atoms with Gasteiger partial charge < -0.3 is 15.4 Å². The summed E-state index contributed by atoms with van der Waals surface area (Å²) in [6, 6.07) is 9.55. The van der Waals surface area contributed by atoms with Crippen LogP contribution < -0.4 is 5.73 Å². The minimum Gasteiger partial charge on any atom is -0.381 e. The summed E-state index contributed by atoms with van der Waals surface area (Å²) in [7, 11) is 1.87. The van der Waals surface area contributed by atoms with Crippen LogP contribution in [0.5, 0.6) is 0 Å². The number of carbonyl (C=O) groups excluding carboxylic acids is 1. The maximum absolute atomic E-state index is 12.5. The summed E-state index contributed by atoms with van der Waals surface area (Å²) in [5.74, 6) is 0.340. The van der Waals surface area contributed by atoms with Crippen molar-refractivity contribution in [2.24, 2.45) is 17.6 Å². The molecule has 1 fully saturated rings. The van der Waals surface area contributed by atoms with E-state index >= 15 is 0 Å². The molecule has 0 saturated carbocycles. The van der Waals surface area contributed by atoms with Gasteiger partial charge >= 0.3 is 0 Å². The molecular formula is C17H27ClN2O2. The normalized spacial score (nSPS) is 20.6. The van der Waals surface area contributed by atoms with Crippen molar-refractivity contribution in [3.8, 4) is 0 Å². The summed E-state index contributed by atoms with van der Waals surface area (Å²) < 4.78 is 5.48. The first-order valence-electron chi connectivity index (χ1n) is 7.73. The van der Waals surface area contributed by atoms with E-state index in [4.69, 9.17) is 10.5 Å². The van der Waals surface area contributed by atoms with Crippen molar-refractivity contribution in [2.75, 3.05) is 26.8 Å². The highest BCUT2D eigenvalue weighted by Crippen LogP contribution is 2.22. The topological polar surface area (TPSA) is 55.6 Å². The average molecular weight is 327 g/mol. The number of carbonyl (C=O) groups is 1. The molecule has 1 heterocycles. The quantitative estimate of drug-likeness (QED) is 0.905. The maximum Gasteiger partial charge on any atom is 0.227 e. The fourth-order valence-corrected chi connectivity index (χ4v) is 2.89. The molecule has 1 amide bonds. The second-order valence-electron chi connectivity index (χ2n) is 6.03. The van der Waals surface area contributed by atoms with Crippen molar-refractivity contribution in [1.29, 1.82) is 0 Å².